The number of Topliss-reactive ketones (excluding diaryl/α,β-unsaturated/α-hetero) is 1. The van der Waals surface area contributed by atoms with E-state index < -0.39 is 29.2 Å². The fourth-order valence-electron chi connectivity index (χ4n) is 3.43. The molecule has 2 aromatic rings. The maximum atomic E-state index is 13.2. The number of imide groups is 1. The number of benzene rings is 2. The van der Waals surface area contributed by atoms with Crippen LogP contribution in [0.4, 0.5) is 4.79 Å². The predicted molar refractivity (Wildman–Crippen MR) is 103 cm³/mol. The summed E-state index contributed by atoms with van der Waals surface area (Å²) in [6.45, 7) is 1.55. The number of primary amides is 1. The lowest BCUT2D eigenvalue weighted by Crippen LogP contribution is -2.44. The minimum absolute atomic E-state index is 0.276. The summed E-state index contributed by atoms with van der Waals surface area (Å²) in [5.74, 6) is -1.44. The summed E-state index contributed by atoms with van der Waals surface area (Å²) in [6.07, 6.45) is 1.11. The first kappa shape index (κ1) is 19.3. The molecule has 1 fully saturated rings. The summed E-state index contributed by atoms with van der Waals surface area (Å²) < 4.78 is 0. The Balaban J connectivity index is 1.84. The van der Waals surface area contributed by atoms with Gasteiger partial charge in [-0.3, -0.25) is 19.3 Å². The number of rotatable bonds is 7. The molecule has 3 N–H and O–H groups in total. The average molecular weight is 379 g/mol. The van der Waals surface area contributed by atoms with Gasteiger partial charge < -0.3 is 11.1 Å². The van der Waals surface area contributed by atoms with E-state index in [0.717, 1.165) is 4.90 Å². The predicted octanol–water partition coefficient (Wildman–Crippen LogP) is 2.22. The maximum Gasteiger partial charge on any atom is 0.325 e. The highest BCUT2D eigenvalue weighted by molar-refractivity contribution is 6.11. The van der Waals surface area contributed by atoms with Gasteiger partial charge in [-0.2, -0.15) is 0 Å². The van der Waals surface area contributed by atoms with Gasteiger partial charge in [-0.15, -0.1) is 0 Å². The normalized spacial score (nSPS) is 18.8. The quantitative estimate of drug-likeness (QED) is 0.568. The molecule has 7 heteroatoms. The van der Waals surface area contributed by atoms with Crippen LogP contribution in [0.1, 0.15) is 46.0 Å². The number of ketones is 1. The SMILES string of the molecule is CCCC1(c2ccccc2)NC(=O)N(CC(=O)c2ccc(C(N)=O)cc2)C1=O. The number of urea groups is 1. The molecule has 28 heavy (non-hydrogen) atoms. The molecule has 4 amide bonds. The second-order valence-corrected chi connectivity index (χ2v) is 6.71. The van der Waals surface area contributed by atoms with Crippen LogP contribution >= 0.6 is 0 Å². The maximum absolute atomic E-state index is 13.2. The van der Waals surface area contributed by atoms with Gasteiger partial charge in [-0.25, -0.2) is 4.79 Å². The summed E-state index contributed by atoms with van der Waals surface area (Å²) in [7, 11) is 0. The van der Waals surface area contributed by atoms with Gasteiger partial charge in [0, 0.05) is 11.1 Å². The molecular formula is C21H21N3O4. The second kappa shape index (κ2) is 7.64. The van der Waals surface area contributed by atoms with E-state index in [1.165, 1.54) is 24.3 Å². The Morgan fingerprint density at radius 3 is 2.18 bits per heavy atom. The Morgan fingerprint density at radius 1 is 1.00 bits per heavy atom. The Hall–Kier alpha value is -3.48. The molecule has 0 aromatic heterocycles. The lowest BCUT2D eigenvalue weighted by Gasteiger charge is -2.26. The number of hydrogen-bond donors (Lipinski definition) is 2. The highest BCUT2D eigenvalue weighted by Gasteiger charge is 2.52. The van der Waals surface area contributed by atoms with Crippen molar-refractivity contribution >= 4 is 23.6 Å². The van der Waals surface area contributed by atoms with Crippen molar-refractivity contribution in [3.63, 3.8) is 0 Å². The van der Waals surface area contributed by atoms with E-state index in [2.05, 4.69) is 5.32 Å². The molecule has 0 spiro atoms. The van der Waals surface area contributed by atoms with Crippen LogP contribution in [0.25, 0.3) is 0 Å². The molecule has 0 saturated carbocycles. The van der Waals surface area contributed by atoms with Crippen molar-refractivity contribution in [2.75, 3.05) is 6.54 Å². The first-order valence-electron chi connectivity index (χ1n) is 9.01. The molecule has 144 valence electrons. The summed E-state index contributed by atoms with van der Waals surface area (Å²) in [6, 6.07) is 14.2. The van der Waals surface area contributed by atoms with Crippen LogP contribution in [-0.4, -0.2) is 35.1 Å². The second-order valence-electron chi connectivity index (χ2n) is 6.71. The minimum Gasteiger partial charge on any atom is -0.366 e. The van der Waals surface area contributed by atoms with E-state index in [0.29, 0.717) is 24.0 Å². The van der Waals surface area contributed by atoms with Gasteiger partial charge in [0.25, 0.3) is 5.91 Å². The van der Waals surface area contributed by atoms with Crippen molar-refractivity contribution in [1.82, 2.24) is 10.2 Å². The van der Waals surface area contributed by atoms with Crippen molar-refractivity contribution < 1.29 is 19.2 Å². The molecule has 0 bridgehead atoms. The molecule has 0 radical (unpaired) electrons. The molecule has 1 aliphatic rings. The lowest BCUT2D eigenvalue weighted by molar-refractivity contribution is -0.131. The Morgan fingerprint density at radius 2 is 1.61 bits per heavy atom. The van der Waals surface area contributed by atoms with Crippen molar-refractivity contribution in [3.8, 4) is 0 Å². The first-order chi connectivity index (χ1) is 13.4. The van der Waals surface area contributed by atoms with Gasteiger partial charge in [0.1, 0.15) is 5.54 Å². The summed E-state index contributed by atoms with van der Waals surface area (Å²) in [5.41, 5.74) is 5.29. The molecular weight excluding hydrogens is 358 g/mol. The van der Waals surface area contributed by atoms with Crippen molar-refractivity contribution in [1.29, 1.82) is 0 Å². The van der Waals surface area contributed by atoms with Gasteiger partial charge in [-0.1, -0.05) is 55.8 Å². The number of carbonyl (C=O) groups is 4. The highest BCUT2D eigenvalue weighted by atomic mass is 16.2. The third kappa shape index (κ3) is 3.38. The summed E-state index contributed by atoms with van der Waals surface area (Å²) in [4.78, 5) is 50.4. The molecule has 1 aliphatic heterocycles. The van der Waals surface area contributed by atoms with Crippen LogP contribution in [0.2, 0.25) is 0 Å². The molecule has 3 rings (SSSR count). The van der Waals surface area contributed by atoms with E-state index in [1.54, 1.807) is 24.3 Å². The fourth-order valence-corrected chi connectivity index (χ4v) is 3.43. The molecule has 1 atom stereocenters. The summed E-state index contributed by atoms with van der Waals surface area (Å²) >= 11 is 0. The van der Waals surface area contributed by atoms with E-state index in [1.807, 2.05) is 13.0 Å². The number of nitrogens with one attached hydrogen (secondary N) is 1. The zero-order chi connectivity index (χ0) is 20.3. The van der Waals surface area contributed by atoms with Crippen LogP contribution in [0.15, 0.2) is 54.6 Å². The Kier molecular flexibility index (Phi) is 5.26. The van der Waals surface area contributed by atoms with Crippen LogP contribution in [0, 0.1) is 0 Å². The van der Waals surface area contributed by atoms with Crippen LogP contribution < -0.4 is 11.1 Å². The molecule has 2 aromatic carbocycles. The van der Waals surface area contributed by atoms with Gasteiger partial charge in [0.2, 0.25) is 5.91 Å². The Labute approximate surface area is 162 Å². The van der Waals surface area contributed by atoms with Crippen molar-refractivity contribution in [3.05, 3.63) is 71.3 Å². The number of amides is 4. The van der Waals surface area contributed by atoms with Crippen molar-refractivity contribution in [2.24, 2.45) is 5.73 Å². The standard InChI is InChI=1S/C21H21N3O4/c1-2-12-21(16-6-4-3-5-7-16)19(27)24(20(28)23-21)13-17(25)14-8-10-15(11-9-14)18(22)26/h3-11H,2,12-13H2,1H3,(H2,22,26)(H,23,28). The monoisotopic (exact) mass is 379 g/mol. The zero-order valence-corrected chi connectivity index (χ0v) is 15.5. The summed E-state index contributed by atoms with van der Waals surface area (Å²) in [5, 5.41) is 2.79. The van der Waals surface area contributed by atoms with Crippen LogP contribution in [0.5, 0.6) is 0 Å². The number of hydrogen-bond acceptors (Lipinski definition) is 4. The third-order valence-corrected chi connectivity index (χ3v) is 4.86. The Bertz CT molecular complexity index is 924. The van der Waals surface area contributed by atoms with E-state index in [-0.39, 0.29) is 12.1 Å². The largest absolute Gasteiger partial charge is 0.366 e. The topological polar surface area (TPSA) is 110 Å². The van der Waals surface area contributed by atoms with Crippen molar-refractivity contribution in [2.45, 2.75) is 25.3 Å². The number of carbonyl (C=O) groups excluding carboxylic acids is 4. The average Bonchev–Trinajstić information content (AvgIpc) is 2.94. The minimum atomic E-state index is -1.16. The molecule has 7 nitrogen and oxygen atoms in total. The van der Waals surface area contributed by atoms with Crippen LogP contribution in [-0.2, 0) is 10.3 Å². The lowest BCUT2D eigenvalue weighted by atomic mass is 9.85. The number of nitrogens with two attached hydrogens (primary N) is 1. The van der Waals surface area contributed by atoms with Crippen LogP contribution in [0.3, 0.4) is 0 Å². The smallest absolute Gasteiger partial charge is 0.325 e. The van der Waals surface area contributed by atoms with E-state index in [4.69, 9.17) is 5.73 Å². The highest BCUT2D eigenvalue weighted by Crippen LogP contribution is 2.33. The van der Waals surface area contributed by atoms with Gasteiger partial charge in [0.05, 0.1) is 6.54 Å². The first-order valence-corrected chi connectivity index (χ1v) is 9.01. The van der Waals surface area contributed by atoms with E-state index >= 15 is 0 Å². The third-order valence-electron chi connectivity index (χ3n) is 4.86. The van der Waals surface area contributed by atoms with Gasteiger partial charge >= 0.3 is 6.03 Å². The zero-order valence-electron chi connectivity index (χ0n) is 15.5. The molecule has 1 heterocycles. The fraction of sp³-hybridized carbons (Fsp3) is 0.238. The molecule has 1 saturated heterocycles. The number of nitrogens with zero attached hydrogens (tertiary/aromatic N) is 1. The van der Waals surface area contributed by atoms with Gasteiger partial charge in [-0.05, 0) is 24.1 Å². The molecule has 1 unspecified atom stereocenters. The molecule has 0 aliphatic carbocycles. The van der Waals surface area contributed by atoms with E-state index in [9.17, 15) is 19.2 Å². The van der Waals surface area contributed by atoms with Gasteiger partial charge in [0.15, 0.2) is 5.78 Å².